The molecule has 0 saturated heterocycles. The molecule has 0 saturated carbocycles. The van der Waals surface area contributed by atoms with Gasteiger partial charge in [0.25, 0.3) is 0 Å². The number of rotatable bonds is 1. The van der Waals surface area contributed by atoms with Crippen LogP contribution >= 0.6 is 0 Å². The Morgan fingerprint density at radius 3 is 3.00 bits per heavy atom. The third-order valence-electron chi connectivity index (χ3n) is 3.58. The van der Waals surface area contributed by atoms with E-state index in [1.165, 1.54) is 0 Å². The van der Waals surface area contributed by atoms with Gasteiger partial charge in [-0.15, -0.1) is 0 Å². The van der Waals surface area contributed by atoms with Crippen LogP contribution < -0.4 is 11.4 Å². The lowest BCUT2D eigenvalue weighted by Crippen LogP contribution is -2.31. The first-order chi connectivity index (χ1) is 8.15. The highest BCUT2D eigenvalue weighted by Crippen LogP contribution is 2.33. The summed E-state index contributed by atoms with van der Waals surface area (Å²) in [6, 6.07) is 5.60. The molecule has 1 aliphatic heterocycles. The van der Waals surface area contributed by atoms with E-state index in [-0.39, 0.29) is 18.3 Å². The molecule has 17 heavy (non-hydrogen) atoms. The molecule has 1 aromatic heterocycles. The van der Waals surface area contributed by atoms with E-state index in [9.17, 15) is 9.90 Å². The van der Waals surface area contributed by atoms with E-state index in [4.69, 9.17) is 5.73 Å². The van der Waals surface area contributed by atoms with Crippen molar-refractivity contribution in [3.05, 3.63) is 34.2 Å². The molecule has 2 atom stereocenters. The maximum absolute atomic E-state index is 12.2. The fourth-order valence-electron chi connectivity index (χ4n) is 2.68. The lowest BCUT2D eigenvalue weighted by molar-refractivity contribution is 0.102. The van der Waals surface area contributed by atoms with Gasteiger partial charge in [-0.25, -0.2) is 4.79 Å². The maximum atomic E-state index is 12.2. The second-order valence-corrected chi connectivity index (χ2v) is 4.64. The Bertz CT molecular complexity index is 641. The number of para-hydroxylation sites is 1. The number of aliphatic hydroxyl groups excluding tert-OH is 1. The monoisotopic (exact) mass is 233 g/mol. The molecule has 1 aliphatic rings. The van der Waals surface area contributed by atoms with E-state index in [0.717, 1.165) is 16.6 Å². The summed E-state index contributed by atoms with van der Waals surface area (Å²) >= 11 is 0. The van der Waals surface area contributed by atoms with E-state index >= 15 is 0 Å². The van der Waals surface area contributed by atoms with Crippen molar-refractivity contribution >= 4 is 11.0 Å². The average molecular weight is 233 g/mol. The number of aromatic nitrogens is 2. The number of imidazole rings is 1. The summed E-state index contributed by atoms with van der Waals surface area (Å²) in [5, 5.41) is 10.2. The largest absolute Gasteiger partial charge is 0.388 e. The fourth-order valence-corrected chi connectivity index (χ4v) is 2.68. The minimum atomic E-state index is -0.508. The number of aliphatic hydroxyl groups is 1. The maximum Gasteiger partial charge on any atom is 0.330 e. The van der Waals surface area contributed by atoms with Gasteiger partial charge in [0.05, 0.1) is 23.8 Å². The standard InChI is InChI=1S/C12H15N3O2/c1-7-5-14-10-8(11(7)16)3-2-4-9(10)15(6-13)12(14)17/h2-4,7,11,16H,5-6,13H2,1H3/t7?,11-/m1/s1. The third-order valence-corrected chi connectivity index (χ3v) is 3.58. The van der Waals surface area contributed by atoms with Crippen molar-refractivity contribution < 1.29 is 5.11 Å². The smallest absolute Gasteiger partial charge is 0.330 e. The molecule has 1 unspecified atom stereocenters. The molecule has 0 aliphatic carbocycles. The Kier molecular flexibility index (Phi) is 2.14. The topological polar surface area (TPSA) is 73.2 Å². The molecule has 2 aromatic rings. The molecule has 5 heteroatoms. The zero-order chi connectivity index (χ0) is 12.2. The predicted molar refractivity (Wildman–Crippen MR) is 64.5 cm³/mol. The lowest BCUT2D eigenvalue weighted by Gasteiger charge is -2.25. The first kappa shape index (κ1) is 10.6. The van der Waals surface area contributed by atoms with E-state index in [0.29, 0.717) is 6.54 Å². The van der Waals surface area contributed by atoms with Crippen molar-refractivity contribution in [2.24, 2.45) is 11.7 Å². The lowest BCUT2D eigenvalue weighted by atomic mass is 9.93. The highest BCUT2D eigenvalue weighted by atomic mass is 16.3. The SMILES string of the molecule is CC1Cn2c(=O)n(CN)c3cccc(c32)[C@@H]1O. The summed E-state index contributed by atoms with van der Waals surface area (Å²) in [6.45, 7) is 2.65. The number of hydrogen-bond donors (Lipinski definition) is 2. The second-order valence-electron chi connectivity index (χ2n) is 4.64. The van der Waals surface area contributed by atoms with Crippen LogP contribution in [0.1, 0.15) is 18.6 Å². The molecule has 5 nitrogen and oxygen atoms in total. The van der Waals surface area contributed by atoms with Gasteiger partial charge in [0.1, 0.15) is 0 Å². The Hall–Kier alpha value is -1.59. The van der Waals surface area contributed by atoms with Gasteiger partial charge in [-0.05, 0) is 6.07 Å². The van der Waals surface area contributed by atoms with Gasteiger partial charge in [0, 0.05) is 18.0 Å². The zero-order valence-electron chi connectivity index (χ0n) is 9.63. The van der Waals surface area contributed by atoms with Crippen molar-refractivity contribution in [3.8, 4) is 0 Å². The van der Waals surface area contributed by atoms with Crippen LogP contribution in [0.25, 0.3) is 11.0 Å². The Labute approximate surface area is 98.1 Å². The van der Waals surface area contributed by atoms with E-state index in [1.54, 1.807) is 9.13 Å². The number of nitrogens with zero attached hydrogens (tertiary/aromatic N) is 2. The molecule has 0 fully saturated rings. The summed E-state index contributed by atoms with van der Waals surface area (Å²) in [5.74, 6) is 0.0411. The van der Waals surface area contributed by atoms with Crippen LogP contribution in [0.2, 0.25) is 0 Å². The van der Waals surface area contributed by atoms with Gasteiger partial charge >= 0.3 is 5.69 Å². The van der Waals surface area contributed by atoms with Gasteiger partial charge in [0.15, 0.2) is 0 Å². The highest BCUT2D eigenvalue weighted by Gasteiger charge is 2.29. The molecule has 0 radical (unpaired) electrons. The van der Waals surface area contributed by atoms with E-state index < -0.39 is 6.10 Å². The van der Waals surface area contributed by atoms with E-state index in [1.807, 2.05) is 25.1 Å². The van der Waals surface area contributed by atoms with Crippen LogP contribution in [0.3, 0.4) is 0 Å². The summed E-state index contributed by atoms with van der Waals surface area (Å²) < 4.78 is 3.26. The quantitative estimate of drug-likeness (QED) is 0.749. The van der Waals surface area contributed by atoms with Crippen LogP contribution in [0.5, 0.6) is 0 Å². The molecular weight excluding hydrogens is 218 g/mol. The van der Waals surface area contributed by atoms with Crippen LogP contribution in [-0.2, 0) is 13.2 Å². The molecule has 2 heterocycles. The first-order valence-electron chi connectivity index (χ1n) is 5.75. The van der Waals surface area contributed by atoms with Crippen LogP contribution in [-0.4, -0.2) is 14.2 Å². The summed E-state index contributed by atoms with van der Waals surface area (Å²) in [4.78, 5) is 12.2. The number of benzene rings is 1. The van der Waals surface area contributed by atoms with Gasteiger partial charge in [0.2, 0.25) is 0 Å². The minimum absolute atomic E-state index is 0.0411. The van der Waals surface area contributed by atoms with Crippen LogP contribution in [0.4, 0.5) is 0 Å². The van der Waals surface area contributed by atoms with Crippen LogP contribution in [0, 0.1) is 5.92 Å². The summed E-state index contributed by atoms with van der Waals surface area (Å²) in [6.07, 6.45) is -0.508. The average Bonchev–Trinajstić information content (AvgIpc) is 2.60. The Morgan fingerprint density at radius 1 is 1.53 bits per heavy atom. The molecular formula is C12H15N3O2. The van der Waals surface area contributed by atoms with Gasteiger partial charge < -0.3 is 10.8 Å². The van der Waals surface area contributed by atoms with Gasteiger partial charge in [-0.1, -0.05) is 19.1 Å². The number of hydrogen-bond acceptors (Lipinski definition) is 3. The normalized spacial score (nSPS) is 23.2. The molecule has 90 valence electrons. The summed E-state index contributed by atoms with van der Waals surface area (Å²) in [5.41, 5.74) is 7.98. The van der Waals surface area contributed by atoms with Gasteiger partial charge in [-0.2, -0.15) is 0 Å². The molecule has 1 aromatic carbocycles. The molecule has 0 spiro atoms. The highest BCUT2D eigenvalue weighted by molar-refractivity contribution is 5.80. The van der Waals surface area contributed by atoms with Crippen molar-refractivity contribution in [2.75, 3.05) is 0 Å². The minimum Gasteiger partial charge on any atom is -0.388 e. The number of nitrogens with two attached hydrogens (primary N) is 1. The Morgan fingerprint density at radius 2 is 2.29 bits per heavy atom. The zero-order valence-corrected chi connectivity index (χ0v) is 9.63. The molecule has 3 rings (SSSR count). The molecule has 3 N–H and O–H groups in total. The second kappa shape index (κ2) is 3.45. The third kappa shape index (κ3) is 1.23. The van der Waals surface area contributed by atoms with Crippen molar-refractivity contribution in [1.29, 1.82) is 0 Å². The predicted octanol–water partition coefficient (Wildman–Crippen LogP) is 0.402. The van der Waals surface area contributed by atoms with Crippen molar-refractivity contribution in [1.82, 2.24) is 9.13 Å². The van der Waals surface area contributed by atoms with Gasteiger partial charge in [-0.3, -0.25) is 9.13 Å². The van der Waals surface area contributed by atoms with E-state index in [2.05, 4.69) is 0 Å². The summed E-state index contributed by atoms with van der Waals surface area (Å²) in [7, 11) is 0. The molecule has 0 bridgehead atoms. The fraction of sp³-hybridized carbons (Fsp3) is 0.417. The molecule has 0 amide bonds. The van der Waals surface area contributed by atoms with Crippen molar-refractivity contribution in [3.63, 3.8) is 0 Å². The van der Waals surface area contributed by atoms with Crippen molar-refractivity contribution in [2.45, 2.75) is 26.2 Å². The van der Waals surface area contributed by atoms with Crippen LogP contribution in [0.15, 0.2) is 23.0 Å². The Balaban J connectivity index is 2.47. The first-order valence-corrected chi connectivity index (χ1v) is 5.75.